The van der Waals surface area contributed by atoms with Gasteiger partial charge in [0.1, 0.15) is 15.7 Å². The van der Waals surface area contributed by atoms with Crippen molar-refractivity contribution in [1.82, 2.24) is 9.78 Å². The lowest BCUT2D eigenvalue weighted by Crippen LogP contribution is -2.02. The van der Waals surface area contributed by atoms with Crippen molar-refractivity contribution in [2.75, 3.05) is 7.11 Å². The molecule has 3 rings (SSSR count). The second-order valence-corrected chi connectivity index (χ2v) is 5.71. The van der Waals surface area contributed by atoms with Crippen LogP contribution in [0.15, 0.2) is 42.5 Å². The maximum Gasteiger partial charge on any atom is 0.150 e. The van der Waals surface area contributed by atoms with Gasteiger partial charge in [-0.05, 0) is 52.4 Å². The van der Waals surface area contributed by atoms with Gasteiger partial charge in [0.25, 0.3) is 0 Å². The van der Waals surface area contributed by atoms with Crippen molar-refractivity contribution in [3.05, 3.63) is 57.3 Å². The second-order valence-electron chi connectivity index (χ2n) is 4.69. The summed E-state index contributed by atoms with van der Waals surface area (Å²) in [5.74, 6) is 0.835. The van der Waals surface area contributed by atoms with Crippen molar-refractivity contribution in [3.8, 4) is 5.75 Å². The first-order chi connectivity index (χ1) is 10.2. The first-order valence-electron chi connectivity index (χ1n) is 6.45. The monoisotopic (exact) mass is 392 g/mol. The number of hydrogen-bond donors (Lipinski definition) is 0. The van der Waals surface area contributed by atoms with Crippen molar-refractivity contribution in [2.45, 2.75) is 6.54 Å². The highest BCUT2D eigenvalue weighted by Gasteiger charge is 2.09. The Morgan fingerprint density at radius 3 is 2.67 bits per heavy atom. The maximum atomic E-state index is 11.0. The lowest BCUT2D eigenvalue weighted by atomic mass is 10.2. The lowest BCUT2D eigenvalue weighted by molar-refractivity contribution is 0.112. The number of aromatic nitrogens is 2. The molecule has 106 valence electrons. The molecule has 4 nitrogen and oxygen atoms in total. The molecule has 0 aliphatic heterocycles. The number of benzene rings is 2. The Labute approximate surface area is 135 Å². The van der Waals surface area contributed by atoms with Gasteiger partial charge in [0.15, 0.2) is 0 Å². The summed E-state index contributed by atoms with van der Waals surface area (Å²) >= 11 is 2.22. The van der Waals surface area contributed by atoms with Crippen LogP contribution in [0.25, 0.3) is 10.9 Å². The smallest absolute Gasteiger partial charge is 0.150 e. The number of carbonyl (C=O) groups is 1. The van der Waals surface area contributed by atoms with Crippen LogP contribution in [0.2, 0.25) is 0 Å². The Kier molecular flexibility index (Phi) is 3.92. The molecule has 21 heavy (non-hydrogen) atoms. The van der Waals surface area contributed by atoms with E-state index in [9.17, 15) is 4.79 Å². The van der Waals surface area contributed by atoms with Crippen LogP contribution in [-0.2, 0) is 6.54 Å². The zero-order valence-corrected chi connectivity index (χ0v) is 13.6. The fourth-order valence-corrected chi connectivity index (χ4v) is 2.96. The molecular formula is C16H13IN2O2. The number of aldehydes is 1. The van der Waals surface area contributed by atoms with Crippen LogP contribution in [0.5, 0.6) is 5.75 Å². The third-order valence-electron chi connectivity index (χ3n) is 3.36. The van der Waals surface area contributed by atoms with Gasteiger partial charge in [-0.1, -0.05) is 18.2 Å². The van der Waals surface area contributed by atoms with Gasteiger partial charge < -0.3 is 4.74 Å². The zero-order chi connectivity index (χ0) is 14.8. The zero-order valence-electron chi connectivity index (χ0n) is 11.4. The quantitative estimate of drug-likeness (QED) is 0.504. The summed E-state index contributed by atoms with van der Waals surface area (Å²) in [4.78, 5) is 11.0. The largest absolute Gasteiger partial charge is 0.497 e. The highest BCUT2D eigenvalue weighted by molar-refractivity contribution is 14.1. The van der Waals surface area contributed by atoms with Crippen molar-refractivity contribution in [3.63, 3.8) is 0 Å². The molecule has 0 N–H and O–H groups in total. The summed E-state index contributed by atoms with van der Waals surface area (Å²) < 4.78 is 8.02. The predicted molar refractivity (Wildman–Crippen MR) is 89.9 cm³/mol. The van der Waals surface area contributed by atoms with E-state index >= 15 is 0 Å². The third-order valence-corrected chi connectivity index (χ3v) is 4.15. The van der Waals surface area contributed by atoms with Crippen molar-refractivity contribution in [1.29, 1.82) is 0 Å². The van der Waals surface area contributed by atoms with Gasteiger partial charge in [-0.2, -0.15) is 5.10 Å². The highest BCUT2D eigenvalue weighted by Crippen LogP contribution is 2.22. The standard InChI is InChI=1S/C16H13IN2O2/c1-21-13-5-2-11(3-6-13)9-19-15-8-12(10-20)4-7-14(15)16(17)18-19/h2-8,10H,9H2,1H3. The van der Waals surface area contributed by atoms with Gasteiger partial charge in [-0.25, -0.2) is 0 Å². The summed E-state index contributed by atoms with van der Waals surface area (Å²) in [7, 11) is 1.65. The number of rotatable bonds is 4. The van der Waals surface area contributed by atoms with Gasteiger partial charge in [0, 0.05) is 10.9 Å². The molecule has 0 saturated heterocycles. The lowest BCUT2D eigenvalue weighted by Gasteiger charge is -2.05. The Balaban J connectivity index is 2.00. The van der Waals surface area contributed by atoms with Gasteiger partial charge in [-0.15, -0.1) is 0 Å². The molecule has 0 aliphatic rings. The number of halogens is 1. The normalized spacial score (nSPS) is 10.8. The number of nitrogens with zero attached hydrogens (tertiary/aromatic N) is 2. The van der Waals surface area contributed by atoms with E-state index in [4.69, 9.17) is 4.74 Å². The molecule has 2 aromatic carbocycles. The minimum Gasteiger partial charge on any atom is -0.497 e. The van der Waals surface area contributed by atoms with E-state index in [2.05, 4.69) is 27.7 Å². The predicted octanol–water partition coefficient (Wildman–Crippen LogP) is 3.51. The molecule has 1 heterocycles. The van der Waals surface area contributed by atoms with E-state index in [-0.39, 0.29) is 0 Å². The first kappa shape index (κ1) is 14.1. The number of ether oxygens (including phenoxy) is 1. The summed E-state index contributed by atoms with van der Waals surface area (Å²) in [5, 5.41) is 5.62. The number of hydrogen-bond acceptors (Lipinski definition) is 3. The number of carbonyl (C=O) groups excluding carboxylic acids is 1. The highest BCUT2D eigenvalue weighted by atomic mass is 127. The van der Waals surface area contributed by atoms with E-state index in [1.54, 1.807) is 7.11 Å². The molecule has 1 aromatic heterocycles. The summed E-state index contributed by atoms with van der Waals surface area (Å²) in [5.41, 5.74) is 2.77. The Hall–Kier alpha value is -1.89. The van der Waals surface area contributed by atoms with Gasteiger partial charge in [0.2, 0.25) is 0 Å². The van der Waals surface area contributed by atoms with Crippen molar-refractivity contribution >= 4 is 39.8 Å². The summed E-state index contributed by atoms with van der Waals surface area (Å²) in [6.45, 7) is 0.659. The molecule has 5 heteroatoms. The van der Waals surface area contributed by atoms with Crippen molar-refractivity contribution < 1.29 is 9.53 Å². The molecular weight excluding hydrogens is 379 g/mol. The van der Waals surface area contributed by atoms with E-state index in [1.807, 2.05) is 47.1 Å². The average Bonchev–Trinajstić information content (AvgIpc) is 2.83. The van der Waals surface area contributed by atoms with E-state index in [0.29, 0.717) is 12.1 Å². The van der Waals surface area contributed by atoms with E-state index < -0.39 is 0 Å². The van der Waals surface area contributed by atoms with Gasteiger partial charge in [-0.3, -0.25) is 9.48 Å². The maximum absolute atomic E-state index is 11.0. The van der Waals surface area contributed by atoms with Crippen LogP contribution in [0.1, 0.15) is 15.9 Å². The molecule has 3 aromatic rings. The van der Waals surface area contributed by atoms with Crippen LogP contribution in [0.4, 0.5) is 0 Å². The Morgan fingerprint density at radius 1 is 1.24 bits per heavy atom. The second kappa shape index (κ2) is 5.85. The van der Waals surface area contributed by atoms with Gasteiger partial charge >= 0.3 is 0 Å². The van der Waals surface area contributed by atoms with Gasteiger partial charge in [0.05, 0.1) is 19.2 Å². The van der Waals surface area contributed by atoms with Crippen molar-refractivity contribution in [2.24, 2.45) is 0 Å². The molecule has 0 unspecified atom stereocenters. The molecule has 0 aliphatic carbocycles. The van der Waals surface area contributed by atoms with Crippen LogP contribution in [-0.4, -0.2) is 23.2 Å². The average molecular weight is 392 g/mol. The molecule has 0 atom stereocenters. The molecule has 0 saturated carbocycles. The number of fused-ring (bicyclic) bond motifs is 1. The first-order valence-corrected chi connectivity index (χ1v) is 7.53. The minimum absolute atomic E-state index is 0.659. The molecule has 0 fully saturated rings. The topological polar surface area (TPSA) is 44.1 Å². The Bertz CT molecular complexity index is 794. The van der Waals surface area contributed by atoms with Crippen LogP contribution < -0.4 is 4.74 Å². The van der Waals surface area contributed by atoms with E-state index in [0.717, 1.165) is 32.2 Å². The molecule has 0 spiro atoms. The fraction of sp³-hybridized carbons (Fsp3) is 0.125. The van der Waals surface area contributed by atoms with Crippen LogP contribution >= 0.6 is 22.6 Å². The SMILES string of the molecule is COc1ccc(Cn2nc(I)c3ccc(C=O)cc32)cc1. The molecule has 0 bridgehead atoms. The summed E-state index contributed by atoms with van der Waals surface area (Å²) in [6, 6.07) is 13.5. The fourth-order valence-electron chi connectivity index (χ4n) is 2.25. The molecule has 0 amide bonds. The molecule has 0 radical (unpaired) electrons. The van der Waals surface area contributed by atoms with Crippen LogP contribution in [0, 0.1) is 3.70 Å². The number of methoxy groups -OCH3 is 1. The van der Waals surface area contributed by atoms with E-state index in [1.165, 1.54) is 0 Å². The third kappa shape index (κ3) is 2.78. The Morgan fingerprint density at radius 2 is 2.00 bits per heavy atom. The van der Waals surface area contributed by atoms with Crippen LogP contribution in [0.3, 0.4) is 0 Å². The minimum atomic E-state index is 0.659. The summed E-state index contributed by atoms with van der Waals surface area (Å²) in [6.07, 6.45) is 0.858.